The number of nitrogens with zero attached hydrogens (tertiary/aromatic N) is 2. The third-order valence-corrected chi connectivity index (χ3v) is 8.43. The molecule has 2 amide bonds. The third-order valence-electron chi connectivity index (χ3n) is 8.43. The molecule has 42 heavy (non-hydrogen) atoms. The van der Waals surface area contributed by atoms with Gasteiger partial charge in [-0.3, -0.25) is 9.59 Å². The van der Waals surface area contributed by atoms with Crippen LogP contribution in [0.15, 0.2) is 115 Å². The van der Waals surface area contributed by atoms with Gasteiger partial charge in [0.2, 0.25) is 11.8 Å². The number of fused-ring (bicyclic) bond motifs is 5. The molecule has 0 spiro atoms. The molecule has 0 N–H and O–H groups in total. The Bertz CT molecular complexity index is 1650. The summed E-state index contributed by atoms with van der Waals surface area (Å²) >= 11 is 0. The highest BCUT2D eigenvalue weighted by Crippen LogP contribution is 2.50. The van der Waals surface area contributed by atoms with Crippen LogP contribution in [0.4, 0.5) is 11.4 Å². The van der Waals surface area contributed by atoms with Crippen molar-refractivity contribution in [3.63, 3.8) is 0 Å². The van der Waals surface area contributed by atoms with Crippen LogP contribution < -0.4 is 14.5 Å². The molecule has 0 aromatic heterocycles. The second kappa shape index (κ2) is 10.3. The smallest absolute Gasteiger partial charge is 0.330 e. The van der Waals surface area contributed by atoms with Crippen LogP contribution in [-0.2, 0) is 19.1 Å². The van der Waals surface area contributed by atoms with Crippen LogP contribution in [0, 0.1) is 11.8 Å². The standard InChI is InChI=1S/C35H28N2O5/c1-41-26-19-17-25(18-20-26)36-33(38)29-28-21-16-22-10-8-9-15-27(22)37(28)31(30(29)34(36)39)35(40)42-32(23-11-4-2-5-12-23)24-13-6-3-7-14-24/h2-21,28-32H,1H3/t28-,29+,30-,31+/m1/s1. The molecule has 0 radical (unpaired) electrons. The Balaban J connectivity index is 1.31. The Hall–Kier alpha value is -5.17. The fourth-order valence-electron chi connectivity index (χ4n) is 6.54. The van der Waals surface area contributed by atoms with Gasteiger partial charge in [-0.2, -0.15) is 0 Å². The molecule has 7 nitrogen and oxygen atoms in total. The number of amides is 2. The van der Waals surface area contributed by atoms with Crippen molar-refractivity contribution in [2.75, 3.05) is 16.9 Å². The van der Waals surface area contributed by atoms with E-state index in [1.165, 1.54) is 4.90 Å². The molecule has 0 saturated carbocycles. The van der Waals surface area contributed by atoms with Crippen LogP contribution in [-0.4, -0.2) is 37.0 Å². The van der Waals surface area contributed by atoms with E-state index < -0.39 is 41.9 Å². The highest BCUT2D eigenvalue weighted by atomic mass is 16.5. The van der Waals surface area contributed by atoms with Gasteiger partial charge in [0, 0.05) is 5.69 Å². The zero-order valence-corrected chi connectivity index (χ0v) is 22.9. The number of methoxy groups -OCH3 is 1. The number of carbonyl (C=O) groups excluding carboxylic acids is 3. The van der Waals surface area contributed by atoms with Gasteiger partial charge < -0.3 is 14.4 Å². The summed E-state index contributed by atoms with van der Waals surface area (Å²) < 4.78 is 11.6. The molecular weight excluding hydrogens is 528 g/mol. The van der Waals surface area contributed by atoms with Gasteiger partial charge in [0.15, 0.2) is 6.10 Å². The number of hydrogen-bond acceptors (Lipinski definition) is 6. The van der Waals surface area contributed by atoms with Crippen LogP contribution in [0.25, 0.3) is 6.08 Å². The van der Waals surface area contributed by atoms with Crippen molar-refractivity contribution in [1.29, 1.82) is 0 Å². The van der Waals surface area contributed by atoms with Crippen molar-refractivity contribution in [3.8, 4) is 5.75 Å². The van der Waals surface area contributed by atoms with E-state index >= 15 is 0 Å². The van der Waals surface area contributed by atoms with Crippen LogP contribution >= 0.6 is 0 Å². The summed E-state index contributed by atoms with van der Waals surface area (Å²) in [6.07, 6.45) is 3.21. The van der Waals surface area contributed by atoms with E-state index in [-0.39, 0.29) is 5.91 Å². The Kier molecular flexibility index (Phi) is 6.35. The Labute approximate surface area is 243 Å². The molecule has 3 heterocycles. The summed E-state index contributed by atoms with van der Waals surface area (Å²) in [5.74, 6) is -2.33. The normalized spacial score (nSPS) is 22.1. The van der Waals surface area contributed by atoms with Crippen molar-refractivity contribution >= 4 is 35.2 Å². The fraction of sp³-hybridized carbons (Fsp3) is 0.171. The van der Waals surface area contributed by atoms with E-state index in [1.54, 1.807) is 31.4 Å². The fourth-order valence-corrected chi connectivity index (χ4v) is 6.54. The molecule has 0 bridgehead atoms. The minimum atomic E-state index is -0.999. The van der Waals surface area contributed by atoms with Crippen LogP contribution in [0.5, 0.6) is 5.75 Å². The highest BCUT2D eigenvalue weighted by Gasteiger charge is 2.65. The van der Waals surface area contributed by atoms with Crippen molar-refractivity contribution in [2.45, 2.75) is 18.2 Å². The Morgan fingerprint density at radius 3 is 1.98 bits per heavy atom. The minimum Gasteiger partial charge on any atom is -0.497 e. The zero-order chi connectivity index (χ0) is 28.8. The largest absolute Gasteiger partial charge is 0.497 e. The SMILES string of the molecule is COc1ccc(N2C(=O)[C@@H]3[C@@H](C2=O)[C@@H](C(=O)OC(c2ccccc2)c2ccccc2)N2c4ccccc4C=C[C@H]32)cc1. The number of hydrogen-bond donors (Lipinski definition) is 0. The third kappa shape index (κ3) is 4.08. The molecule has 0 aliphatic carbocycles. The maximum atomic E-state index is 14.4. The van der Waals surface area contributed by atoms with Gasteiger partial charge in [-0.15, -0.1) is 0 Å². The van der Waals surface area contributed by atoms with Gasteiger partial charge in [-0.1, -0.05) is 91.0 Å². The second-order valence-corrected chi connectivity index (χ2v) is 10.7. The Morgan fingerprint density at radius 2 is 1.33 bits per heavy atom. The molecule has 0 unspecified atom stereocenters. The lowest BCUT2D eigenvalue weighted by molar-refractivity contribution is -0.151. The van der Waals surface area contributed by atoms with Crippen LogP contribution in [0.2, 0.25) is 0 Å². The maximum Gasteiger partial charge on any atom is 0.330 e. The monoisotopic (exact) mass is 556 g/mol. The molecule has 208 valence electrons. The van der Waals surface area contributed by atoms with E-state index in [2.05, 4.69) is 0 Å². The highest BCUT2D eigenvalue weighted by molar-refractivity contribution is 6.24. The molecule has 4 aromatic rings. The van der Waals surface area contributed by atoms with E-state index in [1.807, 2.05) is 102 Å². The number of imide groups is 1. The Morgan fingerprint density at radius 1 is 0.738 bits per heavy atom. The molecule has 2 fully saturated rings. The summed E-state index contributed by atoms with van der Waals surface area (Å²) in [7, 11) is 1.56. The van der Waals surface area contributed by atoms with E-state index in [0.29, 0.717) is 11.4 Å². The van der Waals surface area contributed by atoms with Gasteiger partial charge in [0.1, 0.15) is 11.8 Å². The number of para-hydroxylation sites is 1. The molecule has 7 heteroatoms. The lowest BCUT2D eigenvalue weighted by atomic mass is 9.88. The number of ether oxygens (including phenoxy) is 2. The van der Waals surface area contributed by atoms with Crippen molar-refractivity contribution in [3.05, 3.63) is 132 Å². The average Bonchev–Trinajstić information content (AvgIpc) is 3.53. The number of benzene rings is 4. The maximum absolute atomic E-state index is 14.4. The quantitative estimate of drug-likeness (QED) is 0.233. The number of esters is 1. The first-order valence-corrected chi connectivity index (χ1v) is 13.9. The minimum absolute atomic E-state index is 0.327. The molecule has 4 aromatic carbocycles. The number of carbonyl (C=O) groups is 3. The first kappa shape index (κ1) is 25.8. The number of anilines is 2. The summed E-state index contributed by atoms with van der Waals surface area (Å²) in [6, 6.07) is 32.1. The first-order valence-electron chi connectivity index (χ1n) is 13.9. The first-order chi connectivity index (χ1) is 20.6. The second-order valence-electron chi connectivity index (χ2n) is 10.7. The molecular formula is C35H28N2O5. The summed E-state index contributed by atoms with van der Waals surface area (Å²) in [4.78, 5) is 45.7. The topological polar surface area (TPSA) is 76.1 Å². The van der Waals surface area contributed by atoms with E-state index in [0.717, 1.165) is 22.4 Å². The van der Waals surface area contributed by atoms with Crippen molar-refractivity contribution in [2.24, 2.45) is 11.8 Å². The molecule has 2 saturated heterocycles. The molecule has 4 atom stereocenters. The predicted molar refractivity (Wildman–Crippen MR) is 159 cm³/mol. The zero-order valence-electron chi connectivity index (χ0n) is 22.9. The molecule has 3 aliphatic rings. The van der Waals surface area contributed by atoms with Gasteiger partial charge >= 0.3 is 5.97 Å². The average molecular weight is 557 g/mol. The van der Waals surface area contributed by atoms with Crippen molar-refractivity contribution in [1.82, 2.24) is 0 Å². The summed E-state index contributed by atoms with van der Waals surface area (Å²) in [5.41, 5.74) is 3.80. The van der Waals surface area contributed by atoms with Gasteiger partial charge in [-0.25, -0.2) is 9.69 Å². The van der Waals surface area contributed by atoms with Gasteiger partial charge in [0.05, 0.1) is 30.7 Å². The van der Waals surface area contributed by atoms with Crippen molar-refractivity contribution < 1.29 is 23.9 Å². The predicted octanol–water partition coefficient (Wildman–Crippen LogP) is 5.42. The van der Waals surface area contributed by atoms with Gasteiger partial charge in [0.25, 0.3) is 0 Å². The van der Waals surface area contributed by atoms with Gasteiger partial charge in [-0.05, 0) is 47.0 Å². The summed E-state index contributed by atoms with van der Waals surface area (Å²) in [5, 5.41) is 0. The number of rotatable bonds is 6. The van der Waals surface area contributed by atoms with Crippen LogP contribution in [0.3, 0.4) is 0 Å². The van der Waals surface area contributed by atoms with Crippen LogP contribution in [0.1, 0.15) is 22.8 Å². The molecule has 3 aliphatic heterocycles. The lowest BCUT2D eigenvalue weighted by Gasteiger charge is -2.36. The van der Waals surface area contributed by atoms with E-state index in [9.17, 15) is 14.4 Å². The summed E-state index contributed by atoms with van der Waals surface area (Å²) in [6.45, 7) is 0. The lowest BCUT2D eigenvalue weighted by Crippen LogP contribution is -2.49. The molecule has 7 rings (SSSR count). The van der Waals surface area contributed by atoms with E-state index in [4.69, 9.17) is 9.47 Å².